The highest BCUT2D eigenvalue weighted by Crippen LogP contribution is 2.49. The Bertz CT molecular complexity index is 1450. The number of hydrogen-bond donors (Lipinski definition) is 2. The number of amides is 3. The molecule has 3 heterocycles. The van der Waals surface area contributed by atoms with Crippen LogP contribution in [-0.4, -0.2) is 45.3 Å². The summed E-state index contributed by atoms with van der Waals surface area (Å²) < 4.78 is 16.2. The van der Waals surface area contributed by atoms with E-state index in [0.29, 0.717) is 23.8 Å². The number of halogens is 2. The van der Waals surface area contributed by atoms with Crippen LogP contribution in [0.15, 0.2) is 65.7 Å². The number of likely N-dealkylation sites (tertiary alicyclic amines) is 1. The molecule has 0 bridgehead atoms. The van der Waals surface area contributed by atoms with Gasteiger partial charge in [0.25, 0.3) is 5.56 Å². The van der Waals surface area contributed by atoms with Gasteiger partial charge in [-0.2, -0.15) is 0 Å². The normalized spacial score (nSPS) is 20.6. The molecule has 1 aromatic carbocycles. The fourth-order valence-corrected chi connectivity index (χ4v) is 5.16. The van der Waals surface area contributed by atoms with Crippen LogP contribution in [0, 0.1) is 23.6 Å². The summed E-state index contributed by atoms with van der Waals surface area (Å²) in [4.78, 5) is 57.7. The van der Waals surface area contributed by atoms with Crippen molar-refractivity contribution < 1.29 is 18.8 Å². The largest absolute Gasteiger partial charge is 0.342 e. The van der Waals surface area contributed by atoms with Gasteiger partial charge in [0.2, 0.25) is 17.7 Å². The van der Waals surface area contributed by atoms with Crippen LogP contribution in [-0.2, 0) is 14.4 Å². The number of pyridine rings is 2. The zero-order valence-electron chi connectivity index (χ0n) is 21.0. The lowest BCUT2D eigenvalue weighted by molar-refractivity contribution is -0.134. The van der Waals surface area contributed by atoms with Gasteiger partial charge in [-0.25, -0.2) is 9.37 Å². The lowest BCUT2D eigenvalue weighted by Gasteiger charge is -2.20. The van der Waals surface area contributed by atoms with E-state index in [9.17, 15) is 23.6 Å². The number of nitrogens with one attached hydrogen (secondary N) is 2. The van der Waals surface area contributed by atoms with Gasteiger partial charge in [-0.15, -0.1) is 0 Å². The van der Waals surface area contributed by atoms with Crippen molar-refractivity contribution in [1.29, 1.82) is 0 Å². The molecule has 3 aromatic rings. The van der Waals surface area contributed by atoms with Crippen LogP contribution in [0.2, 0.25) is 5.02 Å². The fourth-order valence-electron chi connectivity index (χ4n) is 5.04. The molecule has 3 amide bonds. The third-order valence-corrected chi connectivity index (χ3v) is 7.34. The third kappa shape index (κ3) is 5.85. The molecule has 0 radical (unpaired) electrons. The molecule has 2 aliphatic rings. The van der Waals surface area contributed by atoms with Crippen molar-refractivity contribution in [3.8, 4) is 5.69 Å². The quantitative estimate of drug-likeness (QED) is 0.483. The lowest BCUT2D eigenvalue weighted by atomic mass is 10.2. The summed E-state index contributed by atoms with van der Waals surface area (Å²) in [5.41, 5.74) is -0.144. The molecule has 11 heteroatoms. The van der Waals surface area contributed by atoms with E-state index in [2.05, 4.69) is 15.6 Å². The third-order valence-electron chi connectivity index (χ3n) is 7.12. The average Bonchev–Trinajstić information content (AvgIpc) is 3.72. The van der Waals surface area contributed by atoms with E-state index in [1.54, 1.807) is 23.1 Å². The number of rotatable bonds is 6. The van der Waals surface area contributed by atoms with Gasteiger partial charge in [0, 0.05) is 37.6 Å². The number of benzene rings is 1. The van der Waals surface area contributed by atoms with Gasteiger partial charge in [0.05, 0.1) is 34.2 Å². The molecule has 39 heavy (non-hydrogen) atoms. The highest BCUT2D eigenvalue weighted by atomic mass is 35.5. The second-order valence-corrected chi connectivity index (χ2v) is 10.2. The Morgan fingerprint density at radius 3 is 2.26 bits per heavy atom. The van der Waals surface area contributed by atoms with E-state index in [0.717, 1.165) is 31.7 Å². The van der Waals surface area contributed by atoms with Gasteiger partial charge in [-0.1, -0.05) is 30.5 Å². The monoisotopic (exact) mass is 551 g/mol. The van der Waals surface area contributed by atoms with E-state index in [1.165, 1.54) is 41.2 Å². The summed E-state index contributed by atoms with van der Waals surface area (Å²) >= 11 is 5.87. The van der Waals surface area contributed by atoms with Crippen molar-refractivity contribution in [2.24, 2.45) is 17.8 Å². The van der Waals surface area contributed by atoms with Crippen LogP contribution >= 0.6 is 11.6 Å². The van der Waals surface area contributed by atoms with Crippen molar-refractivity contribution in [3.05, 3.63) is 82.1 Å². The maximum atomic E-state index is 15.0. The zero-order valence-corrected chi connectivity index (χ0v) is 21.7. The van der Waals surface area contributed by atoms with Crippen LogP contribution in [0.3, 0.4) is 0 Å². The summed E-state index contributed by atoms with van der Waals surface area (Å²) in [6.45, 7) is 1.15. The first kappa shape index (κ1) is 26.6. The molecule has 1 saturated carbocycles. The van der Waals surface area contributed by atoms with Crippen LogP contribution in [0.1, 0.15) is 25.7 Å². The standard InChI is InChI=1S/C28H27ClFN5O4/c29-17-8-11-21(31-16-17)33-27(38)24-23(25(24)28(39)34-12-4-1-2-5-13-34)26(37)32-20-10-9-18(15-19(20)30)35-14-6-3-7-22(35)36/h3,6-11,14-16,23-25H,1-2,4-5,12-13H2,(H,32,37)(H,31,33,38). The first-order chi connectivity index (χ1) is 18.8. The first-order valence-corrected chi connectivity index (χ1v) is 13.2. The first-order valence-electron chi connectivity index (χ1n) is 12.8. The van der Waals surface area contributed by atoms with Crippen molar-refractivity contribution in [2.45, 2.75) is 25.7 Å². The molecule has 3 unspecified atom stereocenters. The molecule has 2 fully saturated rings. The van der Waals surface area contributed by atoms with Gasteiger partial charge in [-0.05, 0) is 43.2 Å². The van der Waals surface area contributed by atoms with Crippen LogP contribution in [0.25, 0.3) is 5.69 Å². The molecular formula is C28H27ClFN5O4. The molecular weight excluding hydrogens is 525 g/mol. The van der Waals surface area contributed by atoms with Gasteiger partial charge in [0.15, 0.2) is 0 Å². The summed E-state index contributed by atoms with van der Waals surface area (Å²) in [5.74, 6) is -4.66. The Labute approximate surface area is 229 Å². The Kier molecular flexibility index (Phi) is 7.74. The van der Waals surface area contributed by atoms with Crippen LogP contribution in [0.5, 0.6) is 0 Å². The van der Waals surface area contributed by atoms with Gasteiger partial charge >= 0.3 is 0 Å². The van der Waals surface area contributed by atoms with E-state index < -0.39 is 35.4 Å². The topological polar surface area (TPSA) is 113 Å². The summed E-state index contributed by atoms with van der Waals surface area (Å²) in [6, 6.07) is 11.7. The molecule has 1 aliphatic carbocycles. The van der Waals surface area contributed by atoms with Crippen molar-refractivity contribution in [1.82, 2.24) is 14.5 Å². The highest BCUT2D eigenvalue weighted by Gasteiger charge is 2.63. The van der Waals surface area contributed by atoms with E-state index in [1.807, 2.05) is 0 Å². The Morgan fingerprint density at radius 2 is 1.62 bits per heavy atom. The molecule has 9 nitrogen and oxygen atoms in total. The molecule has 1 saturated heterocycles. The van der Waals surface area contributed by atoms with E-state index in [-0.39, 0.29) is 23.0 Å². The van der Waals surface area contributed by atoms with Gasteiger partial charge in [-0.3, -0.25) is 23.7 Å². The van der Waals surface area contributed by atoms with Crippen molar-refractivity contribution in [2.75, 3.05) is 23.7 Å². The van der Waals surface area contributed by atoms with Crippen LogP contribution < -0.4 is 16.2 Å². The van der Waals surface area contributed by atoms with Crippen molar-refractivity contribution >= 4 is 40.8 Å². The Morgan fingerprint density at radius 1 is 0.897 bits per heavy atom. The fraction of sp³-hybridized carbons (Fsp3) is 0.321. The maximum absolute atomic E-state index is 15.0. The van der Waals surface area contributed by atoms with Gasteiger partial charge in [0.1, 0.15) is 11.6 Å². The highest BCUT2D eigenvalue weighted by molar-refractivity contribution is 6.30. The number of nitrogens with zero attached hydrogens (tertiary/aromatic N) is 3. The summed E-state index contributed by atoms with van der Waals surface area (Å²) in [6.07, 6.45) is 6.66. The predicted octanol–water partition coefficient (Wildman–Crippen LogP) is 3.87. The predicted molar refractivity (Wildman–Crippen MR) is 144 cm³/mol. The average molecular weight is 552 g/mol. The minimum absolute atomic E-state index is 0.112. The number of carbonyl (C=O) groups is 3. The van der Waals surface area contributed by atoms with E-state index in [4.69, 9.17) is 11.6 Å². The number of hydrogen-bond acceptors (Lipinski definition) is 5. The Balaban J connectivity index is 1.35. The molecule has 3 atom stereocenters. The minimum atomic E-state index is -0.969. The number of anilines is 2. The number of carbonyl (C=O) groups excluding carboxylic acids is 3. The van der Waals surface area contributed by atoms with Crippen molar-refractivity contribution in [3.63, 3.8) is 0 Å². The minimum Gasteiger partial charge on any atom is -0.342 e. The zero-order chi connectivity index (χ0) is 27.5. The summed E-state index contributed by atoms with van der Waals surface area (Å²) in [5, 5.41) is 5.59. The van der Waals surface area contributed by atoms with E-state index >= 15 is 0 Å². The molecule has 2 N–H and O–H groups in total. The lowest BCUT2D eigenvalue weighted by Crippen LogP contribution is -2.35. The second kappa shape index (κ2) is 11.4. The molecule has 0 spiro atoms. The molecule has 202 valence electrons. The van der Waals surface area contributed by atoms with Gasteiger partial charge < -0.3 is 15.5 Å². The maximum Gasteiger partial charge on any atom is 0.255 e. The molecule has 2 aromatic heterocycles. The summed E-state index contributed by atoms with van der Waals surface area (Å²) in [7, 11) is 0. The smallest absolute Gasteiger partial charge is 0.255 e. The number of aromatic nitrogens is 2. The molecule has 1 aliphatic heterocycles. The second-order valence-electron chi connectivity index (χ2n) is 9.73. The molecule has 5 rings (SSSR count). The Hall–Kier alpha value is -4.05. The SMILES string of the molecule is O=C(Nc1ccc(Cl)cn1)C1C(C(=O)Nc2ccc(-n3ccccc3=O)cc2F)C1C(=O)N1CCCCCC1. The van der Waals surface area contributed by atoms with Crippen LogP contribution in [0.4, 0.5) is 15.9 Å².